The van der Waals surface area contributed by atoms with Crippen molar-refractivity contribution in [2.45, 2.75) is 32.7 Å². The van der Waals surface area contributed by atoms with E-state index in [0.29, 0.717) is 18.0 Å². The number of carbonyl (C=O) groups is 1. The summed E-state index contributed by atoms with van der Waals surface area (Å²) in [5.41, 5.74) is 0.862. The molecule has 0 atom stereocenters. The molecule has 16 heavy (non-hydrogen) atoms. The molecule has 0 spiro atoms. The van der Waals surface area contributed by atoms with E-state index in [-0.39, 0.29) is 11.3 Å². The van der Waals surface area contributed by atoms with Gasteiger partial charge in [-0.3, -0.25) is 4.79 Å². The Morgan fingerprint density at radius 3 is 2.50 bits per heavy atom. The van der Waals surface area contributed by atoms with Crippen molar-refractivity contribution >= 4 is 17.4 Å². The van der Waals surface area contributed by atoms with Crippen molar-refractivity contribution in [2.24, 2.45) is 0 Å². The van der Waals surface area contributed by atoms with Gasteiger partial charge in [0.15, 0.2) is 5.78 Å². The first kappa shape index (κ1) is 13.2. The molecule has 0 aliphatic heterocycles. The second-order valence-corrected chi connectivity index (χ2v) is 5.32. The highest BCUT2D eigenvalue weighted by molar-refractivity contribution is 6.31. The predicted octanol–water partition coefficient (Wildman–Crippen LogP) is 2.84. The lowest BCUT2D eigenvalue weighted by Crippen LogP contribution is -2.39. The first-order chi connectivity index (χ1) is 7.38. The molecule has 0 saturated heterocycles. The second kappa shape index (κ2) is 5.46. The Labute approximate surface area is 102 Å². The number of Topliss-reactive ketones (excluding diaryl/α,β-unsaturated/α-hetero) is 1. The molecule has 1 aromatic rings. The van der Waals surface area contributed by atoms with Gasteiger partial charge in [0.05, 0.1) is 6.54 Å². The third-order valence-corrected chi connectivity index (χ3v) is 2.53. The van der Waals surface area contributed by atoms with Crippen LogP contribution in [0.5, 0.6) is 0 Å². The van der Waals surface area contributed by atoms with Gasteiger partial charge in [-0.25, -0.2) is 0 Å². The Morgan fingerprint density at radius 1 is 1.31 bits per heavy atom. The smallest absolute Gasteiger partial charge is 0.151 e. The number of ketones is 1. The van der Waals surface area contributed by atoms with Crippen LogP contribution in [0.2, 0.25) is 5.02 Å². The molecule has 0 saturated carbocycles. The minimum atomic E-state index is -0.0316. The Balaban J connectivity index is 2.50. The average molecular weight is 240 g/mol. The number of carbonyl (C=O) groups excluding carboxylic acids is 1. The van der Waals surface area contributed by atoms with Crippen LogP contribution in [0.1, 0.15) is 26.3 Å². The van der Waals surface area contributed by atoms with Gasteiger partial charge in [0, 0.05) is 17.0 Å². The maximum atomic E-state index is 11.7. The van der Waals surface area contributed by atoms with Gasteiger partial charge in [0.1, 0.15) is 0 Å². The third kappa shape index (κ3) is 4.77. The number of hydrogen-bond donors (Lipinski definition) is 1. The highest BCUT2D eigenvalue weighted by atomic mass is 35.5. The first-order valence-electron chi connectivity index (χ1n) is 5.38. The van der Waals surface area contributed by atoms with Gasteiger partial charge in [-0.2, -0.15) is 0 Å². The quantitative estimate of drug-likeness (QED) is 0.876. The number of hydrogen-bond acceptors (Lipinski definition) is 2. The van der Waals surface area contributed by atoms with E-state index in [1.165, 1.54) is 0 Å². The summed E-state index contributed by atoms with van der Waals surface area (Å²) in [5.74, 6) is 0.156. The van der Waals surface area contributed by atoms with Crippen LogP contribution in [0.15, 0.2) is 24.3 Å². The van der Waals surface area contributed by atoms with Gasteiger partial charge >= 0.3 is 0 Å². The molecule has 1 N–H and O–H groups in total. The van der Waals surface area contributed by atoms with E-state index in [2.05, 4.69) is 5.32 Å². The highest BCUT2D eigenvalue weighted by Crippen LogP contribution is 2.15. The van der Waals surface area contributed by atoms with Crippen LogP contribution in [0.4, 0.5) is 0 Å². The highest BCUT2D eigenvalue weighted by Gasteiger charge is 2.12. The zero-order chi connectivity index (χ0) is 12.2. The summed E-state index contributed by atoms with van der Waals surface area (Å²) in [5, 5.41) is 3.83. The molecule has 3 heteroatoms. The Bertz CT molecular complexity index is 368. The SMILES string of the molecule is CC(C)(C)NCC(=O)Cc1ccccc1Cl. The molecule has 0 aromatic heterocycles. The predicted molar refractivity (Wildman–Crippen MR) is 67.9 cm³/mol. The molecule has 0 heterocycles. The fourth-order valence-corrected chi connectivity index (χ4v) is 1.48. The van der Waals surface area contributed by atoms with E-state index in [4.69, 9.17) is 11.6 Å². The van der Waals surface area contributed by atoms with E-state index in [1.807, 2.05) is 39.0 Å². The molecule has 88 valence electrons. The second-order valence-electron chi connectivity index (χ2n) is 4.91. The monoisotopic (exact) mass is 239 g/mol. The Kier molecular flexibility index (Phi) is 4.51. The number of nitrogens with one attached hydrogen (secondary N) is 1. The van der Waals surface area contributed by atoms with Crippen molar-refractivity contribution in [3.63, 3.8) is 0 Å². The van der Waals surface area contributed by atoms with Crippen LogP contribution >= 0.6 is 11.6 Å². The van der Waals surface area contributed by atoms with Gasteiger partial charge in [0.25, 0.3) is 0 Å². The first-order valence-corrected chi connectivity index (χ1v) is 5.76. The molecule has 0 radical (unpaired) electrons. The van der Waals surface area contributed by atoms with Crippen LogP contribution in [-0.4, -0.2) is 17.9 Å². The van der Waals surface area contributed by atoms with Crippen LogP contribution in [-0.2, 0) is 11.2 Å². The summed E-state index contributed by atoms with van der Waals surface area (Å²) in [6, 6.07) is 7.45. The lowest BCUT2D eigenvalue weighted by atomic mass is 10.1. The third-order valence-electron chi connectivity index (χ3n) is 2.16. The maximum absolute atomic E-state index is 11.7. The molecule has 1 rings (SSSR count). The van der Waals surface area contributed by atoms with Gasteiger partial charge in [-0.1, -0.05) is 29.8 Å². The van der Waals surface area contributed by atoms with Gasteiger partial charge < -0.3 is 5.32 Å². The van der Waals surface area contributed by atoms with E-state index >= 15 is 0 Å². The molecule has 2 nitrogen and oxygen atoms in total. The van der Waals surface area contributed by atoms with Gasteiger partial charge in [-0.15, -0.1) is 0 Å². The van der Waals surface area contributed by atoms with Crippen LogP contribution < -0.4 is 5.32 Å². The Hall–Kier alpha value is -0.860. The fraction of sp³-hybridized carbons (Fsp3) is 0.462. The molecule has 0 fully saturated rings. The molecule has 0 bridgehead atoms. The molecule has 0 amide bonds. The standard InChI is InChI=1S/C13H18ClNO/c1-13(2,3)15-9-11(16)8-10-6-4-5-7-12(10)14/h4-7,15H,8-9H2,1-3H3. The molecular weight excluding hydrogens is 222 g/mol. The number of halogens is 1. The van der Waals surface area contributed by atoms with Gasteiger partial charge in [-0.05, 0) is 32.4 Å². The van der Waals surface area contributed by atoms with Crippen molar-refractivity contribution in [3.8, 4) is 0 Å². The lowest BCUT2D eigenvalue weighted by molar-refractivity contribution is -0.117. The van der Waals surface area contributed by atoms with E-state index in [0.717, 1.165) is 5.56 Å². The molecule has 0 aliphatic rings. The summed E-state index contributed by atoms with van der Waals surface area (Å²) in [6.45, 7) is 6.50. The summed E-state index contributed by atoms with van der Waals surface area (Å²) < 4.78 is 0. The average Bonchev–Trinajstić information content (AvgIpc) is 2.18. The largest absolute Gasteiger partial charge is 0.305 e. The number of rotatable bonds is 4. The molecule has 0 unspecified atom stereocenters. The fourth-order valence-electron chi connectivity index (χ4n) is 1.28. The van der Waals surface area contributed by atoms with Crippen LogP contribution in [0.25, 0.3) is 0 Å². The minimum Gasteiger partial charge on any atom is -0.305 e. The van der Waals surface area contributed by atoms with Crippen molar-refractivity contribution < 1.29 is 4.79 Å². The molecule has 1 aromatic carbocycles. The zero-order valence-corrected chi connectivity index (χ0v) is 10.8. The molecule has 0 aliphatic carbocycles. The van der Waals surface area contributed by atoms with Crippen molar-refractivity contribution in [2.75, 3.05) is 6.54 Å². The number of benzene rings is 1. The van der Waals surface area contributed by atoms with E-state index < -0.39 is 0 Å². The van der Waals surface area contributed by atoms with E-state index in [1.54, 1.807) is 6.07 Å². The topological polar surface area (TPSA) is 29.1 Å². The van der Waals surface area contributed by atoms with Crippen LogP contribution in [0, 0.1) is 0 Å². The van der Waals surface area contributed by atoms with Crippen molar-refractivity contribution in [1.29, 1.82) is 0 Å². The lowest BCUT2D eigenvalue weighted by Gasteiger charge is -2.19. The zero-order valence-electron chi connectivity index (χ0n) is 10.0. The van der Waals surface area contributed by atoms with Crippen molar-refractivity contribution in [1.82, 2.24) is 5.32 Å². The minimum absolute atomic E-state index is 0.0316. The summed E-state index contributed by atoms with van der Waals surface area (Å²) >= 11 is 5.99. The summed E-state index contributed by atoms with van der Waals surface area (Å²) in [7, 11) is 0. The molecular formula is C13H18ClNO. The summed E-state index contributed by atoms with van der Waals surface area (Å²) in [6.07, 6.45) is 0.392. The van der Waals surface area contributed by atoms with E-state index in [9.17, 15) is 4.79 Å². The Morgan fingerprint density at radius 2 is 1.94 bits per heavy atom. The van der Waals surface area contributed by atoms with Crippen molar-refractivity contribution in [3.05, 3.63) is 34.9 Å². The summed E-state index contributed by atoms with van der Waals surface area (Å²) in [4.78, 5) is 11.7. The van der Waals surface area contributed by atoms with Crippen LogP contribution in [0.3, 0.4) is 0 Å². The maximum Gasteiger partial charge on any atom is 0.151 e. The van der Waals surface area contributed by atoms with Gasteiger partial charge in [0.2, 0.25) is 0 Å². The normalized spacial score (nSPS) is 11.5.